The van der Waals surface area contributed by atoms with Crippen molar-refractivity contribution in [1.82, 2.24) is 0 Å². The van der Waals surface area contributed by atoms with Gasteiger partial charge in [-0.2, -0.15) is 0 Å². The van der Waals surface area contributed by atoms with Gasteiger partial charge in [-0.15, -0.1) is 0 Å². The fourth-order valence-electron chi connectivity index (χ4n) is 2.65. The summed E-state index contributed by atoms with van der Waals surface area (Å²) < 4.78 is 89.6. The molecule has 33 heavy (non-hydrogen) atoms. The van der Waals surface area contributed by atoms with Gasteiger partial charge in [-0.25, -0.2) is 0 Å². The number of carbonyl (C=O) groups is 1. The molecule has 15 heteroatoms. The third-order valence-electron chi connectivity index (χ3n) is 3.99. The molecule has 0 saturated heterocycles. The zero-order valence-corrected chi connectivity index (χ0v) is 22.7. The van der Waals surface area contributed by atoms with Crippen LogP contribution < -0.4 is 0 Å². The Bertz CT molecular complexity index is 772. The van der Waals surface area contributed by atoms with Gasteiger partial charge < -0.3 is 5.11 Å². The van der Waals surface area contributed by atoms with Gasteiger partial charge in [0.25, 0.3) is 0 Å². The number of hydrogen-bond donors (Lipinski definition) is 13. The van der Waals surface area contributed by atoms with Crippen molar-refractivity contribution in [1.29, 1.82) is 0 Å². The molecule has 0 amide bonds. The summed E-state index contributed by atoms with van der Waals surface area (Å²) >= 11 is 0. The van der Waals surface area contributed by atoms with Gasteiger partial charge in [0, 0.05) is 6.42 Å². The molecule has 0 aromatic heterocycles. The number of aliphatic carboxylic acids is 1. The van der Waals surface area contributed by atoms with E-state index in [1.807, 2.05) is 0 Å². The summed E-state index contributed by atoms with van der Waals surface area (Å²) in [7, 11) is -17.5. The minimum atomic E-state index is -17.5. The summed E-state index contributed by atoms with van der Waals surface area (Å²) in [5.41, 5.74) is 0. The minimum absolute atomic E-state index is 0.345. The van der Waals surface area contributed by atoms with E-state index in [0.29, 0.717) is 6.42 Å². The Kier molecular flexibility index (Phi) is 4.36. The maximum atomic E-state index is 10.3. The number of carboxylic acids is 1. The molecule has 0 aliphatic rings. The normalized spacial score (nSPS) is 25.1. The number of carboxylic acid groups (broad SMARTS) is 1. The molecule has 0 saturated carbocycles. The van der Waals surface area contributed by atoms with Gasteiger partial charge in [-0.05, 0) is 6.42 Å². The molecule has 0 rings (SSSR count). The molecule has 0 unspecified atom stereocenters. The van der Waals surface area contributed by atoms with Crippen molar-refractivity contribution in [3.8, 4) is 0 Å². The average Bonchev–Trinajstić information content (AvgIpc) is 2.45. The molecule has 0 aliphatic carbocycles. The van der Waals surface area contributed by atoms with Crippen molar-refractivity contribution in [2.75, 3.05) is 0 Å². The fraction of sp³-hybridized carbons (Fsp3) is 0.944. The molecular weight excluding hydrogens is 506 g/mol. The molecule has 0 aliphatic heterocycles. The van der Waals surface area contributed by atoms with E-state index in [9.17, 15) is 4.79 Å². The molecule has 13 N–H and O–H groups in total. The number of hydrogen-bond acceptors (Lipinski definition) is 13. The van der Waals surface area contributed by atoms with E-state index in [2.05, 4.69) is 6.92 Å². The van der Waals surface area contributed by atoms with E-state index in [1.54, 1.807) is 0 Å². The van der Waals surface area contributed by atoms with Gasteiger partial charge in [-0.1, -0.05) is 96.8 Å². The molecular formula is C18H48O14Zn. The maximum absolute atomic E-state index is 17.5. The molecule has 0 atom stereocenters. The van der Waals surface area contributed by atoms with E-state index in [0.717, 1.165) is 12.8 Å². The predicted molar refractivity (Wildman–Crippen MR) is 114 cm³/mol. The van der Waals surface area contributed by atoms with E-state index < -0.39 is 15.7 Å². The molecule has 0 fully saturated rings. The summed E-state index contributed by atoms with van der Waals surface area (Å²) in [6.45, 7) is 2.27. The molecule has 0 aromatic carbocycles. The van der Waals surface area contributed by atoms with Crippen molar-refractivity contribution in [3.05, 3.63) is 0 Å². The molecule has 206 valence electrons. The molecule has 14 nitrogen and oxygen atoms in total. The Balaban J connectivity index is 0. The Morgan fingerprint density at radius 3 is 0.818 bits per heavy atom. The van der Waals surface area contributed by atoms with Crippen molar-refractivity contribution in [2.45, 2.75) is 110 Å². The molecule has 0 bridgehead atoms. The Hall–Kier alpha value is -0.387. The van der Waals surface area contributed by atoms with E-state index in [1.165, 1.54) is 83.5 Å². The second-order valence-corrected chi connectivity index (χ2v) is 54.6. The van der Waals surface area contributed by atoms with Gasteiger partial charge in [0.05, 0.1) is 0 Å². The van der Waals surface area contributed by atoms with Crippen LogP contribution in [-0.4, -0.2) is 58.3 Å². The van der Waals surface area contributed by atoms with Gasteiger partial charge in [0.2, 0.25) is 0 Å². The average molecular weight is 554 g/mol. The first-order valence-corrected chi connectivity index (χ1v) is 28.7. The van der Waals surface area contributed by atoms with Crippen molar-refractivity contribution in [3.63, 3.8) is 0 Å². The zero-order chi connectivity index (χ0) is 27.2. The summed E-state index contributed by atoms with van der Waals surface area (Å²) in [6, 6.07) is 0. The van der Waals surface area contributed by atoms with Crippen LogP contribution in [0.3, 0.4) is 0 Å². The summed E-state index contributed by atoms with van der Waals surface area (Å²) in [5, 5.41) is 8.52. The van der Waals surface area contributed by atoms with Crippen molar-refractivity contribution >= 4 is 5.97 Å². The third-order valence-corrected chi connectivity index (χ3v) is 3.99. The Morgan fingerprint density at radius 1 is 0.455 bits per heavy atom. The zero-order valence-electron chi connectivity index (χ0n) is 19.7. The molecule has 0 heterocycles. The Labute approximate surface area is 182 Å². The molecule has 0 spiro atoms. The van der Waals surface area contributed by atoms with Crippen molar-refractivity contribution in [2.24, 2.45) is 0 Å². The summed E-state index contributed by atoms with van der Waals surface area (Å²) in [5.74, 6) is -0.653. The van der Waals surface area contributed by atoms with Gasteiger partial charge in [0.15, 0.2) is 0 Å². The van der Waals surface area contributed by atoms with Gasteiger partial charge in [-0.3, -0.25) is 4.79 Å². The summed E-state index contributed by atoms with van der Waals surface area (Å²) in [4.78, 5) is 10.3. The molecule has 0 aromatic rings. The van der Waals surface area contributed by atoms with Gasteiger partial charge >= 0.3 is 62.9 Å². The summed E-state index contributed by atoms with van der Waals surface area (Å²) in [6.07, 6.45) is 20.2. The third kappa shape index (κ3) is 100. The second-order valence-electron chi connectivity index (χ2n) is 15.4. The van der Waals surface area contributed by atoms with E-state index >= 15 is 0 Å². The van der Waals surface area contributed by atoms with E-state index in [-0.39, 0.29) is 0 Å². The quantitative estimate of drug-likeness (QED) is 0.0858. The first-order chi connectivity index (χ1) is 13.2. The number of rotatable bonds is 16. The monoisotopic (exact) mass is 552 g/mol. The Morgan fingerprint density at radius 2 is 0.636 bits per heavy atom. The van der Waals surface area contributed by atoms with Crippen LogP contribution in [0.25, 0.3) is 0 Å². The molecule has 0 radical (unpaired) electrons. The first-order valence-electron chi connectivity index (χ1n) is 12.8. The standard InChI is InChI=1S/C18H36O2.12H2O.Zn/c1-2-3-4-5-6-7-8-9-10-11-12-13-14-15-16-17-18(19)20;;;;;;;;;;;;;/h2-17H2,1H3,(H,19,20);12*1H2;/q;;;;;;;;;;;;;+12/p-12. The van der Waals surface area contributed by atoms with E-state index in [4.69, 9.17) is 52.3 Å². The topological polar surface area (TPSA) is 280 Å². The predicted octanol–water partition coefficient (Wildman–Crippen LogP) is -0.354. The first kappa shape index (κ1) is 34.8. The van der Waals surface area contributed by atoms with Crippen LogP contribution in [0.4, 0.5) is 0 Å². The van der Waals surface area contributed by atoms with Crippen molar-refractivity contribution < 1.29 is 66.8 Å². The van der Waals surface area contributed by atoms with Crippen LogP contribution in [0.1, 0.15) is 110 Å². The van der Waals surface area contributed by atoms with Crippen LogP contribution in [0.15, 0.2) is 0 Å². The van der Waals surface area contributed by atoms with Crippen LogP contribution >= 0.6 is 0 Å². The van der Waals surface area contributed by atoms with Crippen LogP contribution in [-0.2, 0) is 14.5 Å². The SMILES string of the molecule is CCCCCCCCCCCCCCCCCC(=O)O.[OH][Zn]([OH])([OH])([OH])([OH])([OH])([OH])([OH])([OH])([OH])([OH])[OH]. The fourth-order valence-corrected chi connectivity index (χ4v) is 2.65. The van der Waals surface area contributed by atoms with Crippen LogP contribution in [0.5, 0.6) is 0 Å². The second kappa shape index (κ2) is 4.14. The van der Waals surface area contributed by atoms with Gasteiger partial charge in [0.1, 0.15) is 0 Å². The number of unbranched alkanes of at least 4 members (excludes halogenated alkanes) is 14. The van der Waals surface area contributed by atoms with Crippen LogP contribution in [0.2, 0.25) is 0 Å². The van der Waals surface area contributed by atoms with Crippen LogP contribution in [0, 0.1) is 0 Å².